The maximum atomic E-state index is 13.4. The summed E-state index contributed by atoms with van der Waals surface area (Å²) >= 11 is 1.61. The van der Waals surface area contributed by atoms with Crippen molar-refractivity contribution >= 4 is 22.2 Å². The first-order chi connectivity index (χ1) is 13.8. The van der Waals surface area contributed by atoms with Crippen LogP contribution in [0.1, 0.15) is 61.1 Å². The molecule has 0 unspecified atom stereocenters. The van der Waals surface area contributed by atoms with E-state index in [9.17, 15) is 4.79 Å². The van der Waals surface area contributed by atoms with Crippen LogP contribution in [0.5, 0.6) is 0 Å². The smallest absolute Gasteiger partial charge is 0.274 e. The fraction of sp³-hybridized carbons (Fsp3) is 0.714. The minimum Gasteiger partial charge on any atom is -0.384 e. The molecular formula is C21H32N4O2S. The van der Waals surface area contributed by atoms with Crippen molar-refractivity contribution in [2.75, 3.05) is 39.9 Å². The van der Waals surface area contributed by atoms with Crippen molar-refractivity contribution in [3.8, 4) is 0 Å². The minimum absolute atomic E-state index is 0.127. The molecule has 7 heteroatoms. The van der Waals surface area contributed by atoms with Gasteiger partial charge >= 0.3 is 0 Å². The Morgan fingerprint density at radius 2 is 1.86 bits per heavy atom. The van der Waals surface area contributed by atoms with Gasteiger partial charge in [-0.15, -0.1) is 11.3 Å². The van der Waals surface area contributed by atoms with Crippen molar-refractivity contribution in [2.45, 2.75) is 51.5 Å². The summed E-state index contributed by atoms with van der Waals surface area (Å²) in [5.74, 6) is 0.789. The topological polar surface area (TPSA) is 50.1 Å². The van der Waals surface area contributed by atoms with Gasteiger partial charge in [0.2, 0.25) is 0 Å². The molecule has 0 N–H and O–H groups in total. The summed E-state index contributed by atoms with van der Waals surface area (Å²) in [6.45, 7) is 5.50. The highest BCUT2D eigenvalue weighted by Crippen LogP contribution is 2.24. The lowest BCUT2D eigenvalue weighted by Gasteiger charge is -2.31. The van der Waals surface area contributed by atoms with E-state index in [1.54, 1.807) is 18.4 Å². The summed E-state index contributed by atoms with van der Waals surface area (Å²) in [7, 11) is 1.79. The number of piperidine rings is 1. The second kappa shape index (κ2) is 9.37. The zero-order valence-corrected chi connectivity index (χ0v) is 17.8. The number of amides is 1. The summed E-state index contributed by atoms with van der Waals surface area (Å²) in [4.78, 5) is 23.5. The molecule has 0 spiro atoms. The highest BCUT2D eigenvalue weighted by Gasteiger charge is 2.27. The van der Waals surface area contributed by atoms with E-state index in [0.717, 1.165) is 75.7 Å². The molecule has 4 heterocycles. The Morgan fingerprint density at radius 1 is 1.14 bits per heavy atom. The lowest BCUT2D eigenvalue weighted by molar-refractivity contribution is 0.0731. The molecule has 2 aromatic heterocycles. The van der Waals surface area contributed by atoms with Gasteiger partial charge in [0.15, 0.2) is 10.7 Å². The zero-order chi connectivity index (χ0) is 19.3. The number of carbonyl (C=O) groups excluding carboxylic acids is 1. The van der Waals surface area contributed by atoms with Gasteiger partial charge in [-0.2, -0.15) is 0 Å². The van der Waals surface area contributed by atoms with Crippen LogP contribution in [0, 0.1) is 5.92 Å². The predicted octanol–water partition coefficient (Wildman–Crippen LogP) is 3.66. The zero-order valence-electron chi connectivity index (χ0n) is 16.9. The van der Waals surface area contributed by atoms with Gasteiger partial charge in [0.25, 0.3) is 5.91 Å². The Balaban J connectivity index is 1.51. The van der Waals surface area contributed by atoms with Gasteiger partial charge in [0.1, 0.15) is 0 Å². The van der Waals surface area contributed by atoms with E-state index >= 15 is 0 Å². The molecule has 6 nitrogen and oxygen atoms in total. The molecule has 0 atom stereocenters. The number of hydrogen-bond donors (Lipinski definition) is 0. The second-order valence-corrected chi connectivity index (χ2v) is 9.07. The second-order valence-electron chi connectivity index (χ2n) is 8.20. The number of imidazole rings is 1. The third-order valence-electron chi connectivity index (χ3n) is 6.19. The van der Waals surface area contributed by atoms with Crippen LogP contribution in [0.25, 0.3) is 4.96 Å². The van der Waals surface area contributed by atoms with Crippen LogP contribution in [0.15, 0.2) is 11.6 Å². The lowest BCUT2D eigenvalue weighted by atomic mass is 9.97. The van der Waals surface area contributed by atoms with Crippen molar-refractivity contribution in [3.63, 3.8) is 0 Å². The Kier molecular flexibility index (Phi) is 6.65. The monoisotopic (exact) mass is 404 g/mol. The van der Waals surface area contributed by atoms with E-state index < -0.39 is 0 Å². The van der Waals surface area contributed by atoms with Gasteiger partial charge in [-0.1, -0.05) is 19.3 Å². The SMILES string of the molecule is COCC1CCN(Cc2c(C(=O)N3CCCCCCC3)nc3sccn23)CC1. The standard InChI is InChI=1S/C21H32N4O2S/c1-27-16-17-7-11-23(12-8-17)15-18-19(22-21-25(18)13-14-28-21)20(26)24-9-5-3-2-4-6-10-24/h13-14,17H,2-12,15-16H2,1H3. The fourth-order valence-electron chi connectivity index (χ4n) is 4.51. The average Bonchev–Trinajstić information content (AvgIpc) is 3.25. The van der Waals surface area contributed by atoms with Crippen molar-refractivity contribution in [1.29, 1.82) is 0 Å². The number of methoxy groups -OCH3 is 1. The molecule has 2 aromatic rings. The molecule has 2 aliphatic heterocycles. The molecule has 0 radical (unpaired) electrons. The van der Waals surface area contributed by atoms with E-state index in [1.807, 2.05) is 4.90 Å². The Morgan fingerprint density at radius 3 is 2.57 bits per heavy atom. The van der Waals surface area contributed by atoms with Crippen molar-refractivity contribution in [3.05, 3.63) is 23.0 Å². The summed E-state index contributed by atoms with van der Waals surface area (Å²) in [6.07, 6.45) is 10.4. The number of ether oxygens (including phenoxy) is 1. The third kappa shape index (κ3) is 4.42. The molecule has 0 aromatic carbocycles. The largest absolute Gasteiger partial charge is 0.384 e. The normalized spacial score (nSPS) is 20.4. The number of carbonyl (C=O) groups is 1. The van der Waals surface area contributed by atoms with Crippen molar-refractivity contribution in [2.24, 2.45) is 5.92 Å². The number of nitrogens with zero attached hydrogens (tertiary/aromatic N) is 4. The van der Waals surface area contributed by atoms with Gasteiger partial charge in [0, 0.05) is 44.9 Å². The number of likely N-dealkylation sites (tertiary alicyclic amines) is 2. The van der Waals surface area contributed by atoms with Gasteiger partial charge in [-0.3, -0.25) is 14.1 Å². The minimum atomic E-state index is 0.127. The predicted molar refractivity (Wildman–Crippen MR) is 112 cm³/mol. The molecule has 0 bridgehead atoms. The number of thiazole rings is 1. The number of rotatable bonds is 5. The van der Waals surface area contributed by atoms with Crippen LogP contribution < -0.4 is 0 Å². The Bertz CT molecular complexity index is 771. The summed E-state index contributed by atoms with van der Waals surface area (Å²) < 4.78 is 7.45. The van der Waals surface area contributed by atoms with Crippen LogP contribution in [-0.2, 0) is 11.3 Å². The first-order valence-corrected chi connectivity index (χ1v) is 11.6. The quantitative estimate of drug-likeness (QED) is 0.763. The molecule has 28 heavy (non-hydrogen) atoms. The van der Waals surface area contributed by atoms with Gasteiger partial charge in [-0.05, 0) is 44.7 Å². The average molecular weight is 405 g/mol. The summed E-state index contributed by atoms with van der Waals surface area (Å²) in [5.41, 5.74) is 1.74. The fourth-order valence-corrected chi connectivity index (χ4v) is 5.25. The maximum Gasteiger partial charge on any atom is 0.274 e. The van der Waals surface area contributed by atoms with E-state index in [0.29, 0.717) is 11.6 Å². The highest BCUT2D eigenvalue weighted by atomic mass is 32.1. The van der Waals surface area contributed by atoms with Crippen LogP contribution in [-0.4, -0.2) is 65.0 Å². The van der Waals surface area contributed by atoms with Crippen LogP contribution >= 0.6 is 11.3 Å². The summed E-state index contributed by atoms with van der Waals surface area (Å²) in [6, 6.07) is 0. The Hall–Kier alpha value is -1.44. The Labute approximate surface area is 171 Å². The third-order valence-corrected chi connectivity index (χ3v) is 6.95. The lowest BCUT2D eigenvalue weighted by Crippen LogP contribution is -2.37. The number of hydrogen-bond acceptors (Lipinski definition) is 5. The molecular weight excluding hydrogens is 372 g/mol. The maximum absolute atomic E-state index is 13.4. The molecule has 2 saturated heterocycles. The van der Waals surface area contributed by atoms with E-state index in [-0.39, 0.29) is 5.91 Å². The van der Waals surface area contributed by atoms with Crippen LogP contribution in [0.3, 0.4) is 0 Å². The molecule has 4 rings (SSSR count). The van der Waals surface area contributed by atoms with Gasteiger partial charge in [0.05, 0.1) is 5.69 Å². The van der Waals surface area contributed by atoms with Crippen molar-refractivity contribution in [1.82, 2.24) is 19.2 Å². The summed E-state index contributed by atoms with van der Waals surface area (Å²) in [5, 5.41) is 2.06. The van der Waals surface area contributed by atoms with Crippen molar-refractivity contribution < 1.29 is 9.53 Å². The van der Waals surface area contributed by atoms with Crippen LogP contribution in [0.4, 0.5) is 0 Å². The molecule has 0 aliphatic carbocycles. The van der Waals surface area contributed by atoms with Crippen LogP contribution in [0.2, 0.25) is 0 Å². The van der Waals surface area contributed by atoms with E-state index in [1.165, 1.54) is 19.3 Å². The molecule has 154 valence electrons. The van der Waals surface area contributed by atoms with E-state index in [2.05, 4.69) is 20.9 Å². The molecule has 1 amide bonds. The molecule has 2 aliphatic rings. The number of aromatic nitrogens is 2. The molecule has 0 saturated carbocycles. The van der Waals surface area contributed by atoms with E-state index in [4.69, 9.17) is 9.72 Å². The van der Waals surface area contributed by atoms with Gasteiger partial charge in [-0.25, -0.2) is 4.98 Å². The first kappa shape index (κ1) is 19.9. The van der Waals surface area contributed by atoms with Gasteiger partial charge < -0.3 is 9.64 Å². The number of fused-ring (bicyclic) bond motifs is 1. The highest BCUT2D eigenvalue weighted by molar-refractivity contribution is 7.15. The molecule has 2 fully saturated rings. The first-order valence-electron chi connectivity index (χ1n) is 10.7.